The zero-order valence-electron chi connectivity index (χ0n) is 10.9. The molecule has 1 fully saturated rings. The number of rotatable bonds is 4. The molecule has 0 bridgehead atoms. The van der Waals surface area contributed by atoms with Gasteiger partial charge in [0.2, 0.25) is 0 Å². The molecule has 0 aromatic rings. The maximum atomic E-state index is 8.93. The van der Waals surface area contributed by atoms with E-state index in [0.717, 1.165) is 0 Å². The summed E-state index contributed by atoms with van der Waals surface area (Å²) < 4.78 is 0. The molecule has 0 spiro atoms. The molecule has 18 heavy (non-hydrogen) atoms. The Labute approximate surface area is 108 Å². The minimum atomic E-state index is -0.667. The Morgan fingerprint density at radius 1 is 0.778 bits per heavy atom. The van der Waals surface area contributed by atoms with Gasteiger partial charge in [-0.15, -0.1) is 0 Å². The molecule has 0 heterocycles. The molecule has 1 rings (SSSR count). The van der Waals surface area contributed by atoms with Crippen LogP contribution in [0.4, 0.5) is 0 Å². The summed E-state index contributed by atoms with van der Waals surface area (Å²) in [6, 6.07) is 0. The largest absolute Gasteiger partial charge is 0.396 e. The van der Waals surface area contributed by atoms with Gasteiger partial charge >= 0.3 is 0 Å². The summed E-state index contributed by atoms with van der Waals surface area (Å²) in [6.07, 6.45) is 0.304. The van der Waals surface area contributed by atoms with Crippen molar-refractivity contribution >= 4 is 0 Å². The van der Waals surface area contributed by atoms with E-state index in [1.54, 1.807) is 0 Å². The molecular formula is C12H26O6. The van der Waals surface area contributed by atoms with Crippen molar-refractivity contribution in [1.29, 1.82) is 0 Å². The van der Waals surface area contributed by atoms with Gasteiger partial charge in [0.05, 0.1) is 38.1 Å². The molecule has 1 aliphatic rings. The third-order valence-corrected chi connectivity index (χ3v) is 3.39. The molecule has 0 aromatic carbocycles. The van der Waals surface area contributed by atoms with Crippen molar-refractivity contribution in [2.24, 2.45) is 5.41 Å². The molecule has 0 radical (unpaired) electrons. The van der Waals surface area contributed by atoms with Crippen LogP contribution in [-0.4, -0.2) is 68.8 Å². The molecular weight excluding hydrogens is 240 g/mol. The van der Waals surface area contributed by atoms with E-state index in [4.69, 9.17) is 30.6 Å². The van der Waals surface area contributed by atoms with Crippen molar-refractivity contribution in [3.05, 3.63) is 0 Å². The van der Waals surface area contributed by atoms with Crippen LogP contribution in [0, 0.1) is 5.41 Å². The van der Waals surface area contributed by atoms with Crippen LogP contribution in [0.15, 0.2) is 0 Å². The van der Waals surface area contributed by atoms with Gasteiger partial charge in [0.25, 0.3) is 0 Å². The highest BCUT2D eigenvalue weighted by molar-refractivity contribution is 4.76. The first kappa shape index (κ1) is 17.8. The second kappa shape index (κ2) is 8.79. The summed E-state index contributed by atoms with van der Waals surface area (Å²) in [4.78, 5) is 0. The van der Waals surface area contributed by atoms with E-state index in [1.165, 1.54) is 0 Å². The van der Waals surface area contributed by atoms with Crippen molar-refractivity contribution in [3.63, 3.8) is 0 Å². The van der Waals surface area contributed by atoms with Gasteiger partial charge in [-0.2, -0.15) is 0 Å². The van der Waals surface area contributed by atoms with E-state index < -0.39 is 23.7 Å². The molecule has 110 valence electrons. The van der Waals surface area contributed by atoms with Crippen LogP contribution in [0.3, 0.4) is 0 Å². The highest BCUT2D eigenvalue weighted by Gasteiger charge is 2.25. The van der Waals surface area contributed by atoms with E-state index in [2.05, 4.69) is 0 Å². The van der Waals surface area contributed by atoms with Gasteiger partial charge in [-0.3, -0.25) is 0 Å². The molecule has 6 heteroatoms. The zero-order chi connectivity index (χ0) is 14.2. The standard InChI is InChI=1S/C6H12O3.C6H14O3/c7-4-1-5(8)3-6(9)2-4;1-2-6(3-7,4-8)5-9/h4-9H,1-3H2;7-9H,2-5H2,1H3. The molecule has 6 nitrogen and oxygen atoms in total. The van der Waals surface area contributed by atoms with Crippen LogP contribution in [0.2, 0.25) is 0 Å². The minimum absolute atomic E-state index is 0.156. The average Bonchev–Trinajstić information content (AvgIpc) is 2.32. The van der Waals surface area contributed by atoms with E-state index in [9.17, 15) is 0 Å². The fraction of sp³-hybridized carbons (Fsp3) is 1.00. The molecule has 0 aromatic heterocycles. The van der Waals surface area contributed by atoms with Crippen molar-refractivity contribution < 1.29 is 30.6 Å². The van der Waals surface area contributed by atoms with Crippen molar-refractivity contribution in [3.8, 4) is 0 Å². The summed E-state index contributed by atoms with van der Waals surface area (Å²) >= 11 is 0. The van der Waals surface area contributed by atoms with Gasteiger partial charge in [0.1, 0.15) is 0 Å². The minimum Gasteiger partial charge on any atom is -0.396 e. The summed E-state index contributed by atoms with van der Waals surface area (Å²) in [5.41, 5.74) is -0.667. The maximum Gasteiger partial charge on any atom is 0.0589 e. The van der Waals surface area contributed by atoms with Gasteiger partial charge in [-0.25, -0.2) is 0 Å². The van der Waals surface area contributed by atoms with Crippen LogP contribution >= 0.6 is 0 Å². The molecule has 0 unspecified atom stereocenters. The lowest BCUT2D eigenvalue weighted by Crippen LogP contribution is -2.32. The Morgan fingerprint density at radius 3 is 1.17 bits per heavy atom. The average molecular weight is 266 g/mol. The Hall–Kier alpha value is -0.240. The number of hydrogen-bond acceptors (Lipinski definition) is 6. The topological polar surface area (TPSA) is 121 Å². The number of aliphatic hydroxyl groups is 6. The Balaban J connectivity index is 0.000000321. The lowest BCUT2D eigenvalue weighted by Gasteiger charge is -2.25. The number of aliphatic hydroxyl groups excluding tert-OH is 6. The summed E-state index contributed by atoms with van der Waals surface area (Å²) in [5, 5.41) is 52.8. The maximum absolute atomic E-state index is 8.93. The predicted octanol–water partition coefficient (Wildman–Crippen LogP) is -1.39. The van der Waals surface area contributed by atoms with E-state index >= 15 is 0 Å². The molecule has 0 aliphatic heterocycles. The zero-order valence-corrected chi connectivity index (χ0v) is 10.9. The SMILES string of the molecule is CCC(CO)(CO)CO.OC1CC(O)CC(O)C1. The predicted molar refractivity (Wildman–Crippen MR) is 65.9 cm³/mol. The molecule has 0 amide bonds. The molecule has 0 saturated heterocycles. The second-order valence-electron chi connectivity index (χ2n) is 5.00. The lowest BCUT2D eigenvalue weighted by atomic mass is 9.88. The number of hydrogen-bond donors (Lipinski definition) is 6. The first-order valence-corrected chi connectivity index (χ1v) is 6.29. The van der Waals surface area contributed by atoms with Gasteiger partial charge < -0.3 is 30.6 Å². The second-order valence-corrected chi connectivity index (χ2v) is 5.00. The van der Waals surface area contributed by atoms with Crippen LogP contribution in [-0.2, 0) is 0 Å². The van der Waals surface area contributed by atoms with Crippen molar-refractivity contribution in [2.45, 2.75) is 50.9 Å². The molecule has 6 N–H and O–H groups in total. The van der Waals surface area contributed by atoms with Gasteiger partial charge in [-0.05, 0) is 25.7 Å². The fourth-order valence-corrected chi connectivity index (χ4v) is 1.72. The summed E-state index contributed by atoms with van der Waals surface area (Å²) in [5.74, 6) is 0. The summed E-state index contributed by atoms with van der Waals surface area (Å²) in [6.45, 7) is 1.35. The lowest BCUT2D eigenvalue weighted by molar-refractivity contribution is -0.0247. The van der Waals surface area contributed by atoms with Gasteiger partial charge in [0.15, 0.2) is 0 Å². The van der Waals surface area contributed by atoms with Crippen molar-refractivity contribution in [1.82, 2.24) is 0 Å². The fourth-order valence-electron chi connectivity index (χ4n) is 1.72. The third kappa shape index (κ3) is 6.08. The molecule has 0 atom stereocenters. The van der Waals surface area contributed by atoms with Crippen LogP contribution < -0.4 is 0 Å². The highest BCUT2D eigenvalue weighted by Crippen LogP contribution is 2.18. The monoisotopic (exact) mass is 266 g/mol. The van der Waals surface area contributed by atoms with Crippen molar-refractivity contribution in [2.75, 3.05) is 19.8 Å². The summed E-state index contributed by atoms with van der Waals surface area (Å²) in [7, 11) is 0. The van der Waals surface area contributed by atoms with Gasteiger partial charge in [0, 0.05) is 5.41 Å². The highest BCUT2D eigenvalue weighted by atomic mass is 16.3. The smallest absolute Gasteiger partial charge is 0.0589 e. The van der Waals surface area contributed by atoms with Crippen LogP contribution in [0.1, 0.15) is 32.6 Å². The van der Waals surface area contributed by atoms with E-state index in [1.807, 2.05) is 6.92 Å². The Kier molecular flexibility index (Phi) is 8.67. The van der Waals surface area contributed by atoms with E-state index in [-0.39, 0.29) is 19.8 Å². The quantitative estimate of drug-likeness (QED) is 0.373. The first-order valence-electron chi connectivity index (χ1n) is 6.29. The van der Waals surface area contributed by atoms with Crippen LogP contribution in [0.5, 0.6) is 0 Å². The molecule has 1 saturated carbocycles. The normalized spacial score (nSPS) is 28.5. The molecule has 1 aliphatic carbocycles. The van der Waals surface area contributed by atoms with E-state index in [0.29, 0.717) is 25.7 Å². The van der Waals surface area contributed by atoms with Crippen LogP contribution in [0.25, 0.3) is 0 Å². The Bertz CT molecular complexity index is 164. The third-order valence-electron chi connectivity index (χ3n) is 3.39. The van der Waals surface area contributed by atoms with Gasteiger partial charge in [-0.1, -0.05) is 6.92 Å². The Morgan fingerprint density at radius 2 is 1.06 bits per heavy atom. The first-order chi connectivity index (χ1) is 8.42.